The third-order valence-corrected chi connectivity index (χ3v) is 5.00. The van der Waals surface area contributed by atoms with Gasteiger partial charge in [-0.15, -0.1) is 0 Å². The van der Waals surface area contributed by atoms with Crippen LogP contribution in [0.5, 0.6) is 0 Å². The Morgan fingerprint density at radius 3 is 0.769 bits per heavy atom. The van der Waals surface area contributed by atoms with Crippen LogP contribution < -0.4 is 0 Å². The van der Waals surface area contributed by atoms with E-state index in [-0.39, 0.29) is 39.5 Å². The molecule has 0 amide bonds. The van der Waals surface area contributed by atoms with Crippen LogP contribution in [0.1, 0.15) is 27.7 Å². The van der Waals surface area contributed by atoms with Crippen LogP contribution in [0.2, 0.25) is 0 Å². The van der Waals surface area contributed by atoms with Gasteiger partial charge in [0.2, 0.25) is 0 Å². The van der Waals surface area contributed by atoms with Crippen molar-refractivity contribution in [2.75, 3.05) is 39.5 Å². The van der Waals surface area contributed by atoms with Gasteiger partial charge >= 0.3 is 47.8 Å². The summed E-state index contributed by atoms with van der Waals surface area (Å²) in [6.07, 6.45) is 1.12. The van der Waals surface area contributed by atoms with Crippen LogP contribution >= 0.6 is 0 Å². The Kier molecular flexibility index (Phi) is 23.5. The maximum atomic E-state index is 11.8. The van der Waals surface area contributed by atoms with Gasteiger partial charge in [-0.3, -0.25) is 19.4 Å². The molecule has 4 atom stereocenters. The molecule has 0 aliphatic rings. The minimum absolute atomic E-state index is 0.274. The normalized spacial score (nSPS) is 14.0. The van der Waals surface area contributed by atoms with Crippen molar-refractivity contribution in [3.05, 3.63) is 48.6 Å². The summed E-state index contributed by atoms with van der Waals surface area (Å²) in [5.41, 5.74) is 0. The Morgan fingerprint density at radius 1 is 0.404 bits per heavy atom. The summed E-state index contributed by atoms with van der Waals surface area (Å²) in [5.74, 6) is -9.49. The van der Waals surface area contributed by atoms with Crippen LogP contribution in [0, 0.1) is 0 Å². The van der Waals surface area contributed by atoms with Crippen LogP contribution in [0.3, 0.4) is 0 Å². The highest BCUT2D eigenvalue weighted by molar-refractivity contribution is 5.92. The number of hydrogen-bond donors (Lipinski definition) is 4. The molecule has 22 nitrogen and oxygen atoms in total. The molecule has 0 bridgehead atoms. The first-order valence-electron chi connectivity index (χ1n) is 14.9. The van der Waals surface area contributed by atoms with Crippen LogP contribution in [0.25, 0.3) is 0 Å². The van der Waals surface area contributed by atoms with Crippen molar-refractivity contribution in [3.63, 3.8) is 0 Å². The summed E-state index contributed by atoms with van der Waals surface area (Å²) in [7, 11) is 0. The van der Waals surface area contributed by atoms with Crippen molar-refractivity contribution in [1.82, 2.24) is 10.5 Å². The van der Waals surface area contributed by atoms with Gasteiger partial charge in [0.1, 0.15) is 50.8 Å². The van der Waals surface area contributed by atoms with Crippen molar-refractivity contribution in [2.45, 2.75) is 52.1 Å². The van der Waals surface area contributed by atoms with E-state index in [9.17, 15) is 38.4 Å². The van der Waals surface area contributed by atoms with Crippen molar-refractivity contribution >= 4 is 47.8 Å². The summed E-state index contributed by atoms with van der Waals surface area (Å²) in [4.78, 5) is 112. The number of carbonyl (C=O) groups excluding carboxylic acids is 4. The lowest BCUT2D eigenvalue weighted by molar-refractivity contribution is -0.409. The van der Waals surface area contributed by atoms with Crippen molar-refractivity contribution in [1.29, 1.82) is 0 Å². The second kappa shape index (κ2) is 26.3. The molecule has 0 saturated carbocycles. The first-order chi connectivity index (χ1) is 24.4. The highest BCUT2D eigenvalue weighted by Gasteiger charge is 2.20. The van der Waals surface area contributed by atoms with E-state index in [1.165, 1.54) is 27.7 Å². The lowest BCUT2D eigenvalue weighted by atomic mass is 10.4. The van der Waals surface area contributed by atoms with Gasteiger partial charge in [-0.1, -0.05) is 10.5 Å². The zero-order chi connectivity index (χ0) is 39.6. The van der Waals surface area contributed by atoms with Crippen molar-refractivity contribution in [3.8, 4) is 0 Å². The molecule has 0 aromatic carbocycles. The van der Waals surface area contributed by atoms with Gasteiger partial charge in [-0.25, -0.2) is 38.4 Å². The van der Waals surface area contributed by atoms with E-state index >= 15 is 0 Å². The molecule has 4 N–H and O–H groups in total. The largest absolute Gasteiger partial charge is 0.478 e. The molecule has 0 aliphatic heterocycles. The topological polar surface area (TPSA) is 298 Å². The van der Waals surface area contributed by atoms with Gasteiger partial charge in [0.25, 0.3) is 0 Å². The lowest BCUT2D eigenvalue weighted by Crippen LogP contribution is -2.40. The van der Waals surface area contributed by atoms with E-state index in [1.54, 1.807) is 0 Å². The van der Waals surface area contributed by atoms with Crippen molar-refractivity contribution in [2.24, 2.45) is 0 Å². The Bertz CT molecular complexity index is 1150. The summed E-state index contributed by atoms with van der Waals surface area (Å²) in [5, 5.41) is 36.4. The Morgan fingerprint density at radius 2 is 0.596 bits per heavy atom. The first kappa shape index (κ1) is 46.5. The molecular weight excluding hydrogens is 708 g/mol. The molecule has 0 aromatic rings. The zero-order valence-corrected chi connectivity index (χ0v) is 28.4. The number of hydrogen-bond acceptors (Lipinski definition) is 18. The molecule has 0 spiro atoms. The number of esters is 4. The predicted molar refractivity (Wildman–Crippen MR) is 167 cm³/mol. The van der Waals surface area contributed by atoms with Gasteiger partial charge in [0.15, 0.2) is 0 Å². The summed E-state index contributed by atoms with van der Waals surface area (Å²) in [6, 6.07) is 0. The molecule has 0 fully saturated rings. The zero-order valence-electron chi connectivity index (χ0n) is 28.4. The average molecular weight is 749 g/mol. The molecule has 0 radical (unpaired) electrons. The third-order valence-electron chi connectivity index (χ3n) is 5.00. The Hall–Kier alpha value is -5.52. The van der Waals surface area contributed by atoms with Crippen LogP contribution in [0.4, 0.5) is 0 Å². The fourth-order valence-electron chi connectivity index (χ4n) is 2.89. The standard InChI is InChI=1S/C30H40N2O20/c1-19(49-27(41)9-5-23(33)34)15-45-31(46-16-20(2)50-28(42)10-6-24(35)36)13-14-32(47-17-21(3)51-29(43)11-7-25(37)38)48-18-22(4)52-30(44)12-8-26(39)40/h5-12,19-22H,13-18H2,1-4H3,(H,33,34)(H,35,36)(H,37,38)(H,39,40)/b9-5-,10-6-,11-7-,12-8-. The number of rotatable bonds is 27. The number of carbonyl (C=O) groups is 8. The molecule has 4 unspecified atom stereocenters. The first-order valence-corrected chi connectivity index (χ1v) is 14.9. The van der Waals surface area contributed by atoms with Crippen LogP contribution in [0.15, 0.2) is 48.6 Å². The number of hydroxylamine groups is 4. The monoisotopic (exact) mass is 748 g/mol. The van der Waals surface area contributed by atoms with Gasteiger partial charge < -0.3 is 39.4 Å². The quantitative estimate of drug-likeness (QED) is 0.0360. The maximum Gasteiger partial charge on any atom is 0.331 e. The minimum Gasteiger partial charge on any atom is -0.478 e. The SMILES string of the molecule is CC(CON(CCN(OCC(C)OC(=O)/C=C\C(=O)O)OCC(C)OC(=O)/C=C\C(=O)O)OCC(C)OC(=O)/C=C\C(=O)O)OC(=O)/C=C\C(=O)O. The van der Waals surface area contributed by atoms with Crippen LogP contribution in [-0.4, -0.2) is 143 Å². The minimum atomic E-state index is -1.38. The van der Waals surface area contributed by atoms with Gasteiger partial charge in [0, 0.05) is 48.6 Å². The number of carboxylic acids is 4. The molecule has 0 aliphatic carbocycles. The average Bonchev–Trinajstić information content (AvgIpc) is 3.04. The molecule has 0 aromatic heterocycles. The van der Waals surface area contributed by atoms with E-state index < -0.39 is 72.2 Å². The third kappa shape index (κ3) is 27.3. The van der Waals surface area contributed by atoms with E-state index in [4.69, 9.17) is 58.7 Å². The number of ether oxygens (including phenoxy) is 4. The molecule has 0 saturated heterocycles. The van der Waals surface area contributed by atoms with E-state index in [2.05, 4.69) is 0 Å². The van der Waals surface area contributed by atoms with Crippen molar-refractivity contribution < 1.29 is 97.1 Å². The number of carboxylic acid groups (broad SMARTS) is 4. The van der Waals surface area contributed by atoms with Gasteiger partial charge in [-0.05, 0) is 27.7 Å². The highest BCUT2D eigenvalue weighted by Crippen LogP contribution is 2.06. The van der Waals surface area contributed by atoms with E-state index in [0.717, 1.165) is 10.5 Å². The second-order valence-electron chi connectivity index (χ2n) is 9.97. The highest BCUT2D eigenvalue weighted by atomic mass is 17.0. The lowest BCUT2D eigenvalue weighted by Gasteiger charge is -2.28. The molecule has 52 heavy (non-hydrogen) atoms. The maximum absolute atomic E-state index is 11.8. The summed E-state index contributed by atoms with van der Waals surface area (Å²) >= 11 is 0. The molecule has 22 heteroatoms. The molecule has 0 rings (SSSR count). The molecule has 0 heterocycles. The Labute approximate surface area is 295 Å². The summed E-state index contributed by atoms with van der Waals surface area (Å²) < 4.78 is 20.1. The number of nitrogens with zero attached hydrogens (tertiary/aromatic N) is 2. The number of aliphatic carboxylic acids is 4. The fraction of sp³-hybridized carbons (Fsp3) is 0.467. The van der Waals surface area contributed by atoms with Gasteiger partial charge in [-0.2, -0.15) is 0 Å². The van der Waals surface area contributed by atoms with Crippen LogP contribution in [-0.2, 0) is 76.7 Å². The molecule has 290 valence electrons. The van der Waals surface area contributed by atoms with E-state index in [0.29, 0.717) is 48.6 Å². The summed E-state index contributed by atoms with van der Waals surface area (Å²) in [6.45, 7) is 3.63. The Balaban J connectivity index is 5.75. The molecular formula is C30H40N2O20. The fourth-order valence-corrected chi connectivity index (χ4v) is 2.89. The van der Waals surface area contributed by atoms with E-state index in [1.807, 2.05) is 0 Å². The second-order valence-corrected chi connectivity index (χ2v) is 9.97. The van der Waals surface area contributed by atoms with Gasteiger partial charge in [0.05, 0.1) is 13.1 Å². The smallest absolute Gasteiger partial charge is 0.331 e. The predicted octanol–water partition coefficient (Wildman–Crippen LogP) is -0.393.